The van der Waals surface area contributed by atoms with Gasteiger partial charge in [0, 0.05) is 6.54 Å². The van der Waals surface area contributed by atoms with E-state index in [1.807, 2.05) is 0 Å². The molecule has 86 valence electrons. The van der Waals surface area contributed by atoms with E-state index in [2.05, 4.69) is 0 Å². The molecule has 1 saturated heterocycles. The lowest BCUT2D eigenvalue weighted by atomic mass is 10.2. The number of amides is 2. The SMILES string of the molecule is CC(C)OC(=O)N1CCOCC1C(N)=O. The Labute approximate surface area is 88.3 Å². The van der Waals surface area contributed by atoms with Crippen molar-refractivity contribution in [1.82, 2.24) is 4.90 Å². The molecule has 2 amide bonds. The monoisotopic (exact) mass is 216 g/mol. The molecule has 6 nitrogen and oxygen atoms in total. The third kappa shape index (κ3) is 3.09. The molecular formula is C9H16N2O4. The van der Waals surface area contributed by atoms with Crippen LogP contribution in [0.5, 0.6) is 0 Å². The molecule has 0 aromatic carbocycles. The zero-order valence-electron chi connectivity index (χ0n) is 8.93. The maximum absolute atomic E-state index is 11.6. The standard InChI is InChI=1S/C9H16N2O4/c1-6(2)15-9(13)11-3-4-14-5-7(11)8(10)12/h6-7H,3-5H2,1-2H3,(H2,10,12). The summed E-state index contributed by atoms with van der Waals surface area (Å²) in [6.45, 7) is 4.37. The van der Waals surface area contributed by atoms with Gasteiger partial charge in [-0.15, -0.1) is 0 Å². The van der Waals surface area contributed by atoms with Gasteiger partial charge in [-0.05, 0) is 13.8 Å². The lowest BCUT2D eigenvalue weighted by molar-refractivity contribution is -0.128. The van der Waals surface area contributed by atoms with Crippen LogP contribution < -0.4 is 5.73 Å². The Hall–Kier alpha value is -1.30. The van der Waals surface area contributed by atoms with Gasteiger partial charge < -0.3 is 15.2 Å². The first-order valence-corrected chi connectivity index (χ1v) is 4.86. The van der Waals surface area contributed by atoms with E-state index in [1.165, 1.54) is 4.90 Å². The van der Waals surface area contributed by atoms with Crippen molar-refractivity contribution >= 4 is 12.0 Å². The minimum Gasteiger partial charge on any atom is -0.447 e. The van der Waals surface area contributed by atoms with Crippen LogP contribution in [0.15, 0.2) is 0 Å². The second kappa shape index (κ2) is 4.97. The predicted molar refractivity (Wildman–Crippen MR) is 52.1 cm³/mol. The molecule has 0 spiro atoms. The number of primary amides is 1. The molecule has 1 heterocycles. The first kappa shape index (κ1) is 11.8. The summed E-state index contributed by atoms with van der Waals surface area (Å²) in [6.07, 6.45) is -0.731. The summed E-state index contributed by atoms with van der Waals surface area (Å²) in [4.78, 5) is 23.9. The van der Waals surface area contributed by atoms with Crippen molar-refractivity contribution in [3.8, 4) is 0 Å². The van der Waals surface area contributed by atoms with Crippen molar-refractivity contribution in [3.05, 3.63) is 0 Å². The lowest BCUT2D eigenvalue weighted by Gasteiger charge is -2.33. The highest BCUT2D eigenvalue weighted by Crippen LogP contribution is 2.09. The Bertz CT molecular complexity index is 254. The maximum atomic E-state index is 11.6. The number of hydrogen-bond donors (Lipinski definition) is 1. The average Bonchev–Trinajstić information content (AvgIpc) is 2.16. The number of carbonyl (C=O) groups excluding carboxylic acids is 2. The van der Waals surface area contributed by atoms with Crippen molar-refractivity contribution in [1.29, 1.82) is 0 Å². The normalized spacial score (nSPS) is 21.5. The number of ether oxygens (including phenoxy) is 2. The van der Waals surface area contributed by atoms with E-state index >= 15 is 0 Å². The van der Waals surface area contributed by atoms with E-state index in [0.29, 0.717) is 13.2 Å². The molecule has 2 N–H and O–H groups in total. The van der Waals surface area contributed by atoms with Crippen LogP contribution >= 0.6 is 0 Å². The molecule has 0 bridgehead atoms. The summed E-state index contributed by atoms with van der Waals surface area (Å²) in [5, 5.41) is 0. The summed E-state index contributed by atoms with van der Waals surface area (Å²) >= 11 is 0. The van der Waals surface area contributed by atoms with Crippen LogP contribution in [0.2, 0.25) is 0 Å². The number of hydrogen-bond acceptors (Lipinski definition) is 4. The van der Waals surface area contributed by atoms with Crippen molar-refractivity contribution in [2.45, 2.75) is 26.0 Å². The van der Waals surface area contributed by atoms with E-state index in [0.717, 1.165) is 0 Å². The fraction of sp³-hybridized carbons (Fsp3) is 0.778. The number of carbonyl (C=O) groups is 2. The smallest absolute Gasteiger partial charge is 0.410 e. The summed E-state index contributed by atoms with van der Waals surface area (Å²) < 4.78 is 10.1. The van der Waals surface area contributed by atoms with Crippen LogP contribution in [0.1, 0.15) is 13.8 Å². The third-order valence-corrected chi connectivity index (χ3v) is 2.03. The molecule has 0 radical (unpaired) electrons. The number of nitrogens with two attached hydrogens (primary N) is 1. The molecule has 1 atom stereocenters. The Morgan fingerprint density at radius 2 is 2.20 bits per heavy atom. The van der Waals surface area contributed by atoms with E-state index in [4.69, 9.17) is 15.2 Å². The van der Waals surface area contributed by atoms with Gasteiger partial charge in [-0.3, -0.25) is 9.69 Å². The van der Waals surface area contributed by atoms with Crippen molar-refractivity contribution in [2.75, 3.05) is 19.8 Å². The Kier molecular flexibility index (Phi) is 3.90. The predicted octanol–water partition coefficient (Wildman–Crippen LogP) is -0.282. The molecule has 0 saturated carbocycles. The highest BCUT2D eigenvalue weighted by Gasteiger charge is 2.32. The number of nitrogens with zero attached hydrogens (tertiary/aromatic N) is 1. The molecule has 1 unspecified atom stereocenters. The molecule has 6 heteroatoms. The van der Waals surface area contributed by atoms with Gasteiger partial charge in [0.2, 0.25) is 5.91 Å². The highest BCUT2D eigenvalue weighted by molar-refractivity contribution is 5.84. The van der Waals surface area contributed by atoms with Gasteiger partial charge in [-0.2, -0.15) is 0 Å². The van der Waals surface area contributed by atoms with E-state index in [1.54, 1.807) is 13.8 Å². The van der Waals surface area contributed by atoms with Crippen LogP contribution in [-0.2, 0) is 14.3 Å². The van der Waals surface area contributed by atoms with E-state index < -0.39 is 18.0 Å². The summed E-state index contributed by atoms with van der Waals surface area (Å²) in [7, 11) is 0. The minimum absolute atomic E-state index is 0.141. The first-order chi connectivity index (χ1) is 7.02. The van der Waals surface area contributed by atoms with Gasteiger partial charge in [0.25, 0.3) is 0 Å². The fourth-order valence-corrected chi connectivity index (χ4v) is 1.33. The molecular weight excluding hydrogens is 200 g/mol. The van der Waals surface area contributed by atoms with Gasteiger partial charge in [-0.25, -0.2) is 4.79 Å². The molecule has 0 aliphatic carbocycles. The van der Waals surface area contributed by atoms with Crippen LogP contribution in [0.3, 0.4) is 0 Å². The fourth-order valence-electron chi connectivity index (χ4n) is 1.33. The first-order valence-electron chi connectivity index (χ1n) is 4.86. The van der Waals surface area contributed by atoms with Gasteiger partial charge >= 0.3 is 6.09 Å². The minimum atomic E-state index is -0.718. The average molecular weight is 216 g/mol. The molecule has 1 aliphatic heterocycles. The Morgan fingerprint density at radius 1 is 1.53 bits per heavy atom. The summed E-state index contributed by atoms with van der Waals surface area (Å²) in [5.74, 6) is -0.574. The Morgan fingerprint density at radius 3 is 2.73 bits per heavy atom. The van der Waals surface area contributed by atoms with Crippen molar-refractivity contribution in [2.24, 2.45) is 5.73 Å². The zero-order valence-corrected chi connectivity index (χ0v) is 8.93. The van der Waals surface area contributed by atoms with Crippen molar-refractivity contribution < 1.29 is 19.1 Å². The second-order valence-electron chi connectivity index (χ2n) is 3.62. The molecule has 0 aromatic rings. The zero-order chi connectivity index (χ0) is 11.4. The van der Waals surface area contributed by atoms with Crippen LogP contribution in [0, 0.1) is 0 Å². The molecule has 15 heavy (non-hydrogen) atoms. The number of morpholine rings is 1. The van der Waals surface area contributed by atoms with Gasteiger partial charge in [0.15, 0.2) is 0 Å². The quantitative estimate of drug-likeness (QED) is 0.688. The largest absolute Gasteiger partial charge is 0.447 e. The van der Waals surface area contributed by atoms with E-state index in [9.17, 15) is 9.59 Å². The number of rotatable bonds is 2. The molecule has 1 rings (SSSR count). The lowest BCUT2D eigenvalue weighted by Crippen LogP contribution is -2.55. The van der Waals surface area contributed by atoms with Crippen molar-refractivity contribution in [3.63, 3.8) is 0 Å². The van der Waals surface area contributed by atoms with E-state index in [-0.39, 0.29) is 12.7 Å². The Balaban J connectivity index is 2.63. The van der Waals surface area contributed by atoms with Crippen LogP contribution in [-0.4, -0.2) is 48.8 Å². The summed E-state index contributed by atoms with van der Waals surface area (Å²) in [6, 6.07) is -0.718. The topological polar surface area (TPSA) is 81.9 Å². The highest BCUT2D eigenvalue weighted by atomic mass is 16.6. The van der Waals surface area contributed by atoms with Crippen LogP contribution in [0.25, 0.3) is 0 Å². The third-order valence-electron chi connectivity index (χ3n) is 2.03. The van der Waals surface area contributed by atoms with Crippen LogP contribution in [0.4, 0.5) is 4.79 Å². The van der Waals surface area contributed by atoms with Gasteiger partial charge in [0.05, 0.1) is 19.3 Å². The maximum Gasteiger partial charge on any atom is 0.410 e. The molecule has 1 fully saturated rings. The van der Waals surface area contributed by atoms with Gasteiger partial charge in [-0.1, -0.05) is 0 Å². The summed E-state index contributed by atoms with van der Waals surface area (Å²) in [5.41, 5.74) is 5.16. The van der Waals surface area contributed by atoms with Gasteiger partial charge in [0.1, 0.15) is 6.04 Å². The molecule has 1 aliphatic rings. The molecule has 0 aromatic heterocycles. The second-order valence-corrected chi connectivity index (χ2v) is 3.62.